The molecule has 0 unspecified atom stereocenters. The maximum Gasteiger partial charge on any atom is 0.223 e. The summed E-state index contributed by atoms with van der Waals surface area (Å²) in [6.07, 6.45) is 2.29. The van der Waals surface area contributed by atoms with Crippen LogP contribution in [0.5, 0.6) is 0 Å². The number of nitrogens with one attached hydrogen (secondary N) is 1. The van der Waals surface area contributed by atoms with Crippen LogP contribution >= 0.6 is 0 Å². The number of carbonyl (C=O) groups excluding carboxylic acids is 1. The number of hydrogen-bond donors (Lipinski definition) is 3. The first-order chi connectivity index (χ1) is 11.9. The molecule has 7 heteroatoms. The van der Waals surface area contributed by atoms with Crippen LogP contribution in [0.15, 0.2) is 18.2 Å². The van der Waals surface area contributed by atoms with E-state index in [0.29, 0.717) is 50.0 Å². The third-order valence-corrected chi connectivity index (χ3v) is 5.16. The van der Waals surface area contributed by atoms with Crippen molar-refractivity contribution in [2.45, 2.75) is 37.3 Å². The van der Waals surface area contributed by atoms with Crippen LogP contribution < -0.4 is 16.0 Å². The maximum absolute atomic E-state index is 14.1. The van der Waals surface area contributed by atoms with Crippen molar-refractivity contribution in [2.75, 3.05) is 24.5 Å². The second-order valence-electron chi connectivity index (χ2n) is 7.15. The largest absolute Gasteiger partial charge is 0.388 e. The molecule has 3 rings (SSSR count). The van der Waals surface area contributed by atoms with Crippen molar-refractivity contribution < 1.29 is 14.3 Å². The number of nitrogens with two attached hydrogens (primary N) is 1. The molecule has 0 radical (unpaired) electrons. The Balaban J connectivity index is 1.50. The third-order valence-electron chi connectivity index (χ3n) is 5.16. The fourth-order valence-electron chi connectivity index (χ4n) is 3.67. The number of nitrogens with zero attached hydrogens (tertiary/aromatic N) is 2. The summed E-state index contributed by atoms with van der Waals surface area (Å²) in [6.45, 7) is 1.40. The number of anilines is 1. The summed E-state index contributed by atoms with van der Waals surface area (Å²) < 4.78 is 14.1. The topological polar surface area (TPSA) is 102 Å². The van der Waals surface area contributed by atoms with Crippen molar-refractivity contribution in [3.05, 3.63) is 29.6 Å². The van der Waals surface area contributed by atoms with Crippen molar-refractivity contribution in [1.82, 2.24) is 5.32 Å². The Morgan fingerprint density at radius 2 is 2.12 bits per heavy atom. The SMILES string of the molecule is N#Cc1ccc(N2CCC(C(=O)NCC3(O)CC(N)C3)CC2)c(F)c1. The Morgan fingerprint density at radius 1 is 1.44 bits per heavy atom. The number of aliphatic hydroxyl groups is 1. The first kappa shape index (κ1) is 17.6. The van der Waals surface area contributed by atoms with Crippen LogP contribution in [-0.2, 0) is 4.79 Å². The molecule has 25 heavy (non-hydrogen) atoms. The minimum Gasteiger partial charge on any atom is -0.388 e. The monoisotopic (exact) mass is 346 g/mol. The summed E-state index contributed by atoms with van der Waals surface area (Å²) in [7, 11) is 0. The fraction of sp³-hybridized carbons (Fsp3) is 0.556. The van der Waals surface area contributed by atoms with Gasteiger partial charge >= 0.3 is 0 Å². The Kier molecular flexibility index (Phi) is 4.93. The van der Waals surface area contributed by atoms with Gasteiger partial charge in [0.05, 0.1) is 22.9 Å². The molecule has 4 N–H and O–H groups in total. The molecule has 0 atom stereocenters. The first-order valence-electron chi connectivity index (χ1n) is 8.60. The summed E-state index contributed by atoms with van der Waals surface area (Å²) in [6, 6.07) is 6.39. The summed E-state index contributed by atoms with van der Waals surface area (Å²) in [5.74, 6) is -0.602. The molecular formula is C18H23FN4O2. The fourth-order valence-corrected chi connectivity index (χ4v) is 3.67. The minimum atomic E-state index is -0.860. The van der Waals surface area contributed by atoms with E-state index in [1.54, 1.807) is 12.1 Å². The molecule has 0 aromatic heterocycles. The average Bonchev–Trinajstić information content (AvgIpc) is 2.58. The molecule has 2 aliphatic rings. The predicted molar refractivity (Wildman–Crippen MR) is 91.2 cm³/mol. The third kappa shape index (κ3) is 3.91. The molecule has 134 valence electrons. The minimum absolute atomic E-state index is 0.0208. The van der Waals surface area contributed by atoms with E-state index in [9.17, 15) is 14.3 Å². The lowest BCUT2D eigenvalue weighted by Gasteiger charge is -2.42. The van der Waals surface area contributed by atoms with Gasteiger partial charge in [-0.1, -0.05) is 0 Å². The quantitative estimate of drug-likeness (QED) is 0.751. The standard InChI is InChI=1S/C18H23FN4O2/c19-15-7-12(10-20)1-2-16(15)23-5-3-13(4-6-23)17(24)22-11-18(25)8-14(21)9-18/h1-2,7,13-14,25H,3-6,8-9,11,21H2,(H,22,24). The summed E-state index contributed by atoms with van der Waals surface area (Å²) in [4.78, 5) is 14.2. The van der Waals surface area contributed by atoms with Crippen LogP contribution in [0.1, 0.15) is 31.2 Å². The highest BCUT2D eigenvalue weighted by atomic mass is 19.1. The lowest BCUT2D eigenvalue weighted by Crippen LogP contribution is -2.58. The van der Waals surface area contributed by atoms with Crippen molar-refractivity contribution in [3.63, 3.8) is 0 Å². The lowest BCUT2D eigenvalue weighted by atomic mass is 9.76. The van der Waals surface area contributed by atoms with Crippen LogP contribution in [0.2, 0.25) is 0 Å². The van der Waals surface area contributed by atoms with Crippen molar-refractivity contribution in [3.8, 4) is 6.07 Å². The number of piperidine rings is 1. The van der Waals surface area contributed by atoms with Crippen molar-refractivity contribution >= 4 is 11.6 Å². The van der Waals surface area contributed by atoms with Gasteiger partial charge in [0.1, 0.15) is 5.82 Å². The van der Waals surface area contributed by atoms with Gasteiger partial charge in [-0.05, 0) is 43.9 Å². The Morgan fingerprint density at radius 3 is 2.68 bits per heavy atom. The van der Waals surface area contributed by atoms with Gasteiger partial charge in [-0.15, -0.1) is 0 Å². The highest BCUT2D eigenvalue weighted by molar-refractivity contribution is 5.79. The zero-order valence-electron chi connectivity index (χ0n) is 14.0. The van der Waals surface area contributed by atoms with Gasteiger partial charge in [-0.3, -0.25) is 4.79 Å². The number of amides is 1. The molecule has 1 saturated carbocycles. The van der Waals surface area contributed by atoms with E-state index in [1.165, 1.54) is 6.07 Å². The van der Waals surface area contributed by atoms with Gasteiger partial charge in [0.2, 0.25) is 5.91 Å². The number of nitriles is 1. The van der Waals surface area contributed by atoms with E-state index in [2.05, 4.69) is 5.32 Å². The molecule has 1 amide bonds. The molecule has 1 aliphatic carbocycles. The first-order valence-corrected chi connectivity index (χ1v) is 8.60. The van der Waals surface area contributed by atoms with Crippen molar-refractivity contribution in [2.24, 2.45) is 11.7 Å². The Hall–Kier alpha value is -2.17. The molecule has 2 fully saturated rings. The van der Waals surface area contributed by atoms with Gasteiger partial charge in [-0.2, -0.15) is 5.26 Å². The summed E-state index contributed by atoms with van der Waals surface area (Å²) in [5, 5.41) is 21.8. The molecule has 1 saturated heterocycles. The molecule has 1 aliphatic heterocycles. The number of hydrogen-bond acceptors (Lipinski definition) is 5. The highest BCUT2D eigenvalue weighted by Crippen LogP contribution is 2.30. The summed E-state index contributed by atoms with van der Waals surface area (Å²) in [5.41, 5.74) is 5.58. The van der Waals surface area contributed by atoms with Gasteiger partial charge in [0.25, 0.3) is 0 Å². The smallest absolute Gasteiger partial charge is 0.223 e. The van der Waals surface area contributed by atoms with Gasteiger partial charge in [0, 0.05) is 31.6 Å². The predicted octanol–water partition coefficient (Wildman–Crippen LogP) is 0.882. The van der Waals surface area contributed by atoms with E-state index >= 15 is 0 Å². The molecular weight excluding hydrogens is 323 g/mol. The second kappa shape index (κ2) is 6.98. The number of benzene rings is 1. The average molecular weight is 346 g/mol. The summed E-state index contributed by atoms with van der Waals surface area (Å²) >= 11 is 0. The zero-order chi connectivity index (χ0) is 18.0. The molecule has 6 nitrogen and oxygen atoms in total. The maximum atomic E-state index is 14.1. The van der Waals surface area contributed by atoms with Gasteiger partial charge in [0.15, 0.2) is 0 Å². The molecule has 1 heterocycles. The van der Waals surface area contributed by atoms with E-state index in [0.717, 1.165) is 0 Å². The highest BCUT2D eigenvalue weighted by Gasteiger charge is 2.41. The van der Waals surface area contributed by atoms with Crippen LogP contribution in [-0.4, -0.2) is 42.3 Å². The van der Waals surface area contributed by atoms with E-state index in [-0.39, 0.29) is 24.4 Å². The molecule has 1 aromatic carbocycles. The Labute approximate surface area is 146 Å². The molecule has 0 bridgehead atoms. The lowest BCUT2D eigenvalue weighted by molar-refractivity contribution is -0.128. The van der Waals surface area contributed by atoms with Gasteiger partial charge < -0.3 is 21.1 Å². The van der Waals surface area contributed by atoms with Crippen LogP contribution in [0.3, 0.4) is 0 Å². The van der Waals surface area contributed by atoms with E-state index in [1.807, 2.05) is 11.0 Å². The zero-order valence-corrected chi connectivity index (χ0v) is 14.0. The second-order valence-corrected chi connectivity index (χ2v) is 7.15. The van der Waals surface area contributed by atoms with Crippen LogP contribution in [0.25, 0.3) is 0 Å². The molecule has 0 spiro atoms. The number of halogens is 1. The Bertz CT molecular complexity index is 689. The number of rotatable bonds is 4. The normalized spacial score (nSPS) is 26.6. The van der Waals surface area contributed by atoms with E-state index in [4.69, 9.17) is 11.0 Å². The van der Waals surface area contributed by atoms with Crippen LogP contribution in [0.4, 0.5) is 10.1 Å². The molecule has 1 aromatic rings. The van der Waals surface area contributed by atoms with Crippen LogP contribution in [0, 0.1) is 23.1 Å². The van der Waals surface area contributed by atoms with E-state index < -0.39 is 11.4 Å². The number of carbonyl (C=O) groups is 1. The van der Waals surface area contributed by atoms with Gasteiger partial charge in [-0.25, -0.2) is 4.39 Å². The van der Waals surface area contributed by atoms with Crippen molar-refractivity contribution in [1.29, 1.82) is 5.26 Å².